The Bertz CT molecular complexity index is 536. The minimum absolute atomic E-state index is 0.152. The van der Waals surface area contributed by atoms with Crippen LogP contribution in [0.2, 0.25) is 0 Å². The van der Waals surface area contributed by atoms with E-state index in [-0.39, 0.29) is 12.1 Å². The van der Waals surface area contributed by atoms with Gasteiger partial charge in [0.25, 0.3) is 0 Å². The van der Waals surface area contributed by atoms with Crippen molar-refractivity contribution in [2.24, 2.45) is 0 Å². The molecule has 0 saturated carbocycles. The lowest BCUT2D eigenvalue weighted by Crippen LogP contribution is -2.36. The van der Waals surface area contributed by atoms with E-state index in [0.29, 0.717) is 12.4 Å². The Morgan fingerprint density at radius 1 is 1.24 bits per heavy atom. The number of aromatic nitrogens is 2. The van der Waals surface area contributed by atoms with Crippen LogP contribution in [-0.2, 0) is 11.2 Å². The molecule has 1 aliphatic heterocycles. The highest BCUT2D eigenvalue weighted by Crippen LogP contribution is 2.32. The molecule has 0 spiro atoms. The van der Waals surface area contributed by atoms with Gasteiger partial charge in [-0.1, -0.05) is 44.2 Å². The molecule has 142 valence electrons. The molecule has 1 aliphatic rings. The predicted octanol–water partition coefficient (Wildman–Crippen LogP) is 5.04. The van der Waals surface area contributed by atoms with Gasteiger partial charge in [0.1, 0.15) is 11.6 Å². The number of carbonyl (C=O) groups excluding carboxylic acids is 1. The summed E-state index contributed by atoms with van der Waals surface area (Å²) in [5.74, 6) is 1.30. The Morgan fingerprint density at radius 3 is 2.68 bits per heavy atom. The number of aryl methyl sites for hydroxylation is 1. The largest absolute Gasteiger partial charge is 0.444 e. The molecular weight excluding hydrogens is 318 g/mol. The standard InChI is InChI=1S/C19H33N3O3/c1-5-6-7-8-9-10-13-16-20-17(25-21-16)15-12-11-14-22(15)18(23)24-19(2,3)4/h15H,5-14H2,1-4H3/t15-/m0/s1. The lowest BCUT2D eigenvalue weighted by molar-refractivity contribution is 0.0199. The summed E-state index contributed by atoms with van der Waals surface area (Å²) in [7, 11) is 0. The molecule has 25 heavy (non-hydrogen) atoms. The van der Waals surface area contributed by atoms with Gasteiger partial charge >= 0.3 is 6.09 Å². The van der Waals surface area contributed by atoms with E-state index in [1.165, 1.54) is 32.1 Å². The van der Waals surface area contributed by atoms with Crippen LogP contribution in [0.25, 0.3) is 0 Å². The molecule has 1 amide bonds. The van der Waals surface area contributed by atoms with Crippen LogP contribution in [0.15, 0.2) is 4.52 Å². The maximum absolute atomic E-state index is 12.4. The Kier molecular flexibility index (Phi) is 7.26. The third-order valence-electron chi connectivity index (χ3n) is 4.40. The minimum atomic E-state index is -0.498. The van der Waals surface area contributed by atoms with Crippen molar-refractivity contribution in [1.29, 1.82) is 0 Å². The van der Waals surface area contributed by atoms with Gasteiger partial charge in [0.05, 0.1) is 0 Å². The third-order valence-corrected chi connectivity index (χ3v) is 4.40. The zero-order chi connectivity index (χ0) is 18.3. The average molecular weight is 351 g/mol. The van der Waals surface area contributed by atoms with E-state index in [4.69, 9.17) is 9.26 Å². The number of hydrogen-bond donors (Lipinski definition) is 0. The molecule has 1 fully saturated rings. The molecule has 1 saturated heterocycles. The summed E-state index contributed by atoms with van der Waals surface area (Å²) in [6.07, 6.45) is 9.77. The molecule has 0 radical (unpaired) electrons. The fourth-order valence-corrected chi connectivity index (χ4v) is 3.13. The van der Waals surface area contributed by atoms with E-state index < -0.39 is 5.60 Å². The van der Waals surface area contributed by atoms with Crippen LogP contribution in [0, 0.1) is 0 Å². The first-order valence-corrected chi connectivity index (χ1v) is 9.73. The van der Waals surface area contributed by atoms with Crippen LogP contribution >= 0.6 is 0 Å². The first-order valence-electron chi connectivity index (χ1n) is 9.73. The van der Waals surface area contributed by atoms with Gasteiger partial charge in [-0.2, -0.15) is 4.98 Å². The monoisotopic (exact) mass is 351 g/mol. The summed E-state index contributed by atoms with van der Waals surface area (Å²) >= 11 is 0. The zero-order valence-electron chi connectivity index (χ0n) is 16.2. The van der Waals surface area contributed by atoms with Crippen molar-refractivity contribution >= 4 is 6.09 Å². The van der Waals surface area contributed by atoms with E-state index in [1.54, 1.807) is 4.90 Å². The molecule has 0 aromatic carbocycles. The number of hydrogen-bond acceptors (Lipinski definition) is 5. The molecule has 6 heteroatoms. The molecule has 2 heterocycles. The van der Waals surface area contributed by atoms with Crippen molar-refractivity contribution in [3.8, 4) is 0 Å². The Hall–Kier alpha value is -1.59. The third kappa shape index (κ3) is 6.33. The predicted molar refractivity (Wildman–Crippen MR) is 96.3 cm³/mol. The maximum atomic E-state index is 12.4. The second kappa shape index (κ2) is 9.20. The van der Waals surface area contributed by atoms with Gasteiger partial charge in [0.2, 0.25) is 5.89 Å². The maximum Gasteiger partial charge on any atom is 0.410 e. The number of ether oxygens (including phenoxy) is 1. The summed E-state index contributed by atoms with van der Waals surface area (Å²) < 4.78 is 10.9. The van der Waals surface area contributed by atoms with Gasteiger partial charge in [-0.3, -0.25) is 4.90 Å². The van der Waals surface area contributed by atoms with E-state index >= 15 is 0 Å². The fraction of sp³-hybridized carbons (Fsp3) is 0.842. The Balaban J connectivity index is 1.84. The molecule has 2 rings (SSSR count). The number of unbranched alkanes of at least 4 members (excludes halogenated alkanes) is 5. The number of carbonyl (C=O) groups is 1. The van der Waals surface area contributed by atoms with Gasteiger partial charge < -0.3 is 9.26 Å². The fourth-order valence-electron chi connectivity index (χ4n) is 3.13. The number of nitrogens with zero attached hydrogens (tertiary/aromatic N) is 3. The van der Waals surface area contributed by atoms with E-state index in [0.717, 1.165) is 31.5 Å². The van der Waals surface area contributed by atoms with E-state index in [2.05, 4.69) is 17.1 Å². The van der Waals surface area contributed by atoms with Gasteiger partial charge in [-0.15, -0.1) is 0 Å². The molecule has 0 bridgehead atoms. The second-order valence-electron chi connectivity index (χ2n) is 7.90. The van der Waals surface area contributed by atoms with Crippen LogP contribution in [0.4, 0.5) is 4.79 Å². The molecular formula is C19H33N3O3. The lowest BCUT2D eigenvalue weighted by atomic mass is 10.1. The van der Waals surface area contributed by atoms with E-state index in [1.807, 2.05) is 20.8 Å². The molecule has 0 N–H and O–H groups in total. The van der Waals surface area contributed by atoms with Crippen molar-refractivity contribution in [3.05, 3.63) is 11.7 Å². The molecule has 6 nitrogen and oxygen atoms in total. The lowest BCUT2D eigenvalue weighted by Gasteiger charge is -2.26. The van der Waals surface area contributed by atoms with Crippen LogP contribution in [0.3, 0.4) is 0 Å². The SMILES string of the molecule is CCCCCCCCc1noc([C@@H]2CCCN2C(=O)OC(C)(C)C)n1. The van der Waals surface area contributed by atoms with E-state index in [9.17, 15) is 4.79 Å². The summed E-state index contributed by atoms with van der Waals surface area (Å²) in [5, 5.41) is 4.10. The molecule has 0 unspecified atom stereocenters. The Labute approximate surface area is 151 Å². The highest BCUT2D eigenvalue weighted by Gasteiger charge is 2.36. The topological polar surface area (TPSA) is 68.5 Å². The minimum Gasteiger partial charge on any atom is -0.444 e. The van der Waals surface area contributed by atoms with Gasteiger partial charge in [0.15, 0.2) is 5.82 Å². The highest BCUT2D eigenvalue weighted by molar-refractivity contribution is 5.69. The van der Waals surface area contributed by atoms with Crippen LogP contribution in [0.1, 0.15) is 96.8 Å². The molecule has 1 aromatic rings. The van der Waals surface area contributed by atoms with Gasteiger partial charge in [-0.25, -0.2) is 4.79 Å². The van der Waals surface area contributed by atoms with Crippen molar-refractivity contribution in [1.82, 2.24) is 15.0 Å². The van der Waals surface area contributed by atoms with Crippen LogP contribution in [0.5, 0.6) is 0 Å². The normalized spacial score (nSPS) is 17.9. The molecule has 0 aliphatic carbocycles. The summed E-state index contributed by atoms with van der Waals surface area (Å²) in [5.41, 5.74) is -0.498. The number of rotatable bonds is 8. The average Bonchev–Trinajstić information content (AvgIpc) is 3.17. The Morgan fingerprint density at radius 2 is 1.96 bits per heavy atom. The number of amides is 1. The smallest absolute Gasteiger partial charge is 0.410 e. The zero-order valence-corrected chi connectivity index (χ0v) is 16.2. The number of likely N-dealkylation sites (tertiary alicyclic amines) is 1. The van der Waals surface area contributed by atoms with Crippen molar-refractivity contribution < 1.29 is 14.1 Å². The summed E-state index contributed by atoms with van der Waals surface area (Å²) in [4.78, 5) is 18.6. The first-order chi connectivity index (χ1) is 11.9. The first kappa shape index (κ1) is 19.7. The quantitative estimate of drug-likeness (QED) is 0.613. The summed E-state index contributed by atoms with van der Waals surface area (Å²) in [6.45, 7) is 8.53. The molecule has 1 aromatic heterocycles. The van der Waals surface area contributed by atoms with Crippen molar-refractivity contribution in [2.75, 3.05) is 6.54 Å². The van der Waals surface area contributed by atoms with Crippen molar-refractivity contribution in [2.45, 2.75) is 97.1 Å². The van der Waals surface area contributed by atoms with Crippen molar-refractivity contribution in [3.63, 3.8) is 0 Å². The van der Waals surface area contributed by atoms with Gasteiger partial charge in [0, 0.05) is 13.0 Å². The highest BCUT2D eigenvalue weighted by atomic mass is 16.6. The summed E-state index contributed by atoms with van der Waals surface area (Å²) in [6, 6.07) is -0.152. The second-order valence-corrected chi connectivity index (χ2v) is 7.90. The van der Waals surface area contributed by atoms with Crippen LogP contribution in [-0.4, -0.2) is 33.3 Å². The van der Waals surface area contributed by atoms with Gasteiger partial charge in [-0.05, 0) is 40.0 Å². The van der Waals surface area contributed by atoms with Crippen LogP contribution < -0.4 is 0 Å². The molecule has 1 atom stereocenters.